The van der Waals surface area contributed by atoms with Crippen molar-refractivity contribution in [2.75, 3.05) is 25.2 Å². The molecule has 2 N–H and O–H groups in total. The van der Waals surface area contributed by atoms with Crippen LogP contribution in [0, 0.1) is 11.8 Å². The average Bonchev–Trinajstić information content (AvgIpc) is 3.73. The van der Waals surface area contributed by atoms with Gasteiger partial charge in [0.1, 0.15) is 28.3 Å². The molecule has 1 fully saturated rings. The summed E-state index contributed by atoms with van der Waals surface area (Å²) in [6, 6.07) is 1.87. The number of anilines is 1. The molecule has 1 amide bonds. The molecular weight excluding hydrogens is 631 g/mol. The van der Waals surface area contributed by atoms with Crippen LogP contribution in [0.4, 0.5) is 14.5 Å². The number of nitrogens with zero attached hydrogens (tertiary/aromatic N) is 6. The van der Waals surface area contributed by atoms with Gasteiger partial charge in [-0.2, -0.15) is 9.49 Å². The number of amides is 1. The van der Waals surface area contributed by atoms with Crippen LogP contribution in [0.25, 0.3) is 17.0 Å². The lowest BCUT2D eigenvalue weighted by Crippen LogP contribution is -2.24. The van der Waals surface area contributed by atoms with Crippen molar-refractivity contribution >= 4 is 36.3 Å². The summed E-state index contributed by atoms with van der Waals surface area (Å²) in [6.07, 6.45) is 6.52. The zero-order valence-corrected chi connectivity index (χ0v) is 27.0. The van der Waals surface area contributed by atoms with Gasteiger partial charge in [-0.15, -0.1) is 11.3 Å². The number of carbonyl (C=O) groups is 1. The fraction of sp³-hybridized carbons (Fsp3) is 0.500. The molecule has 0 saturated heterocycles. The number of ether oxygens (including phenoxy) is 1. The lowest BCUT2D eigenvalue weighted by atomic mass is 9.93. The van der Waals surface area contributed by atoms with Crippen molar-refractivity contribution in [3.05, 3.63) is 52.4 Å². The third kappa shape index (κ3) is 8.51. The van der Waals surface area contributed by atoms with Gasteiger partial charge < -0.3 is 14.9 Å². The number of halogens is 2. The average molecular weight is 667 g/mol. The van der Waals surface area contributed by atoms with Crippen molar-refractivity contribution in [1.29, 1.82) is 0 Å². The lowest BCUT2D eigenvalue weighted by Gasteiger charge is -2.28. The fourth-order valence-corrected chi connectivity index (χ4v) is 6.82. The molecule has 13 nitrogen and oxygen atoms in total. The molecule has 45 heavy (non-hydrogen) atoms. The lowest BCUT2D eigenvalue weighted by molar-refractivity contribution is -0.603. The molecule has 3 aromatic heterocycles. The number of thiazole rings is 1. The molecule has 1 atom stereocenters. The number of phosphoric ester groups is 1. The van der Waals surface area contributed by atoms with E-state index < -0.39 is 31.1 Å². The first-order chi connectivity index (χ1) is 21.3. The molecule has 1 aliphatic carbocycles. The summed E-state index contributed by atoms with van der Waals surface area (Å²) < 4.78 is 59.9. The third-order valence-electron chi connectivity index (χ3n) is 6.94. The zero-order valence-electron chi connectivity index (χ0n) is 25.3. The highest BCUT2D eigenvalue weighted by molar-refractivity contribution is 7.47. The summed E-state index contributed by atoms with van der Waals surface area (Å²) in [7, 11) is -4.30. The summed E-state index contributed by atoms with van der Waals surface area (Å²) in [5.74, 6) is -2.23. The van der Waals surface area contributed by atoms with Crippen molar-refractivity contribution < 1.29 is 41.5 Å². The molecule has 1 unspecified atom stereocenters. The Morgan fingerprint density at radius 1 is 1.20 bits per heavy atom. The Bertz CT molecular complexity index is 1660. The Labute approximate surface area is 262 Å². The van der Waals surface area contributed by atoms with Crippen LogP contribution in [0.2, 0.25) is 0 Å². The van der Waals surface area contributed by atoms with Gasteiger partial charge in [-0.3, -0.25) is 14.0 Å². The van der Waals surface area contributed by atoms with Crippen LogP contribution < -0.4 is 5.32 Å². The van der Waals surface area contributed by atoms with E-state index in [1.807, 2.05) is 6.92 Å². The molecule has 2 aliphatic rings. The number of carbonyl (C=O) groups excluding carboxylic acids is 1. The van der Waals surface area contributed by atoms with Crippen LogP contribution in [0.1, 0.15) is 74.9 Å². The number of phosphoric acid groups is 1. The van der Waals surface area contributed by atoms with E-state index in [2.05, 4.69) is 25.5 Å². The highest BCUT2D eigenvalue weighted by Gasteiger charge is 2.32. The Kier molecular flexibility index (Phi) is 10.0. The third-order valence-corrected chi connectivity index (χ3v) is 9.08. The van der Waals surface area contributed by atoms with Crippen LogP contribution in [0.5, 0.6) is 0 Å². The van der Waals surface area contributed by atoms with Crippen LogP contribution >= 0.6 is 19.2 Å². The maximum Gasteiger partial charge on any atom is 0.477 e. The van der Waals surface area contributed by atoms with Crippen LogP contribution in [-0.4, -0.2) is 66.8 Å². The summed E-state index contributed by atoms with van der Waals surface area (Å²) >= 11 is 1.21. The fourth-order valence-electron chi connectivity index (χ4n) is 5.00. The molecule has 0 spiro atoms. The van der Waals surface area contributed by atoms with Gasteiger partial charge in [0.15, 0.2) is 5.82 Å². The minimum absolute atomic E-state index is 0.00675. The van der Waals surface area contributed by atoms with Gasteiger partial charge in [0.25, 0.3) is 12.6 Å². The number of pyridine rings is 1. The van der Waals surface area contributed by atoms with Gasteiger partial charge in [0.05, 0.1) is 29.0 Å². The van der Waals surface area contributed by atoms with E-state index in [0.29, 0.717) is 17.2 Å². The van der Waals surface area contributed by atoms with Crippen LogP contribution in [0.3, 0.4) is 0 Å². The van der Waals surface area contributed by atoms with Crippen molar-refractivity contribution in [2.24, 2.45) is 5.11 Å². The topological polar surface area (TPSA) is 153 Å². The van der Waals surface area contributed by atoms with Crippen molar-refractivity contribution in [3.63, 3.8) is 0 Å². The molecule has 4 heterocycles. The van der Waals surface area contributed by atoms with Gasteiger partial charge in [-0.1, -0.05) is 4.70 Å². The van der Waals surface area contributed by atoms with Crippen LogP contribution in [0.15, 0.2) is 35.0 Å². The Hall–Kier alpha value is -3.27. The second-order valence-electron chi connectivity index (χ2n) is 11.6. The predicted molar refractivity (Wildman–Crippen MR) is 161 cm³/mol. The van der Waals surface area contributed by atoms with Crippen molar-refractivity contribution in [1.82, 2.24) is 19.7 Å². The van der Waals surface area contributed by atoms with Gasteiger partial charge in [0.2, 0.25) is 12.5 Å². The maximum atomic E-state index is 14.8. The normalized spacial score (nSPS) is 20.1. The van der Waals surface area contributed by atoms with Crippen molar-refractivity contribution in [2.45, 2.75) is 71.1 Å². The van der Waals surface area contributed by atoms with E-state index in [9.17, 15) is 23.0 Å². The number of nitrogens with one attached hydrogen (secondary N) is 1. The standard InChI is InChI=1S/C28H34F2N7O6PS/c1-5-41-19-8-6-18(7-9-19)37-14-21(25(35-37)24-20(29)10-11-23(30)34-24)32-26(38)22-15-45-27(33-22)17-12-31-36(13-17)16-42-44(39,40)43-28(2,3)4/h10-12,14-15,18-19H,5-9,13,16H2,1-4H3,(H-,32,38,39,40)/p+1. The second kappa shape index (κ2) is 13.6. The number of aromatic nitrogens is 4. The van der Waals surface area contributed by atoms with E-state index in [0.717, 1.165) is 37.8 Å². The summed E-state index contributed by atoms with van der Waals surface area (Å²) in [5.41, 5.74) is -0.262. The molecule has 0 radical (unpaired) electrons. The SMILES string of the molecule is CCOC1CCC(n2cc(NC(=O)c3csc(C4=CN=[N+](COP(=O)(O)OC(C)(C)C)C4)n3)c(-c3nc(F)ccc3F)n2)CC1. The minimum atomic E-state index is -4.30. The number of hydrogen-bond acceptors (Lipinski definition) is 10. The molecule has 3 aromatic rings. The van der Waals surface area contributed by atoms with E-state index in [1.165, 1.54) is 22.2 Å². The Morgan fingerprint density at radius 2 is 1.96 bits per heavy atom. The van der Waals surface area contributed by atoms with E-state index >= 15 is 0 Å². The monoisotopic (exact) mass is 666 g/mol. The highest BCUT2D eigenvalue weighted by atomic mass is 32.1. The maximum absolute atomic E-state index is 14.8. The smallest absolute Gasteiger partial charge is 0.379 e. The van der Waals surface area contributed by atoms with Gasteiger partial charge in [-0.05, 0) is 70.6 Å². The Morgan fingerprint density at radius 3 is 2.67 bits per heavy atom. The predicted octanol–water partition coefficient (Wildman–Crippen LogP) is 6.16. The largest absolute Gasteiger partial charge is 0.477 e. The molecule has 17 heteroatoms. The molecular formula is C28H35F2N7O6PS+. The van der Waals surface area contributed by atoms with E-state index in [4.69, 9.17) is 13.8 Å². The first kappa shape index (κ1) is 33.1. The zero-order chi connectivity index (χ0) is 32.4. The quantitative estimate of drug-likeness (QED) is 0.139. The van der Waals surface area contributed by atoms with Crippen molar-refractivity contribution in [3.8, 4) is 11.4 Å². The van der Waals surface area contributed by atoms with E-state index in [-0.39, 0.29) is 48.2 Å². The first-order valence-corrected chi connectivity index (χ1v) is 16.8. The summed E-state index contributed by atoms with van der Waals surface area (Å²) in [5, 5.41) is 13.5. The van der Waals surface area contributed by atoms with Crippen LogP contribution in [-0.2, 0) is 18.3 Å². The number of hydrogen-bond donors (Lipinski definition) is 2. The molecule has 242 valence electrons. The molecule has 1 saturated carbocycles. The number of azo groups is 2. The van der Waals surface area contributed by atoms with Gasteiger partial charge in [-0.25, -0.2) is 23.4 Å². The second-order valence-corrected chi connectivity index (χ2v) is 13.8. The van der Waals surface area contributed by atoms with Gasteiger partial charge in [0, 0.05) is 18.2 Å². The number of rotatable bonds is 11. The van der Waals surface area contributed by atoms with E-state index in [1.54, 1.807) is 37.0 Å². The molecule has 1 aliphatic heterocycles. The molecule has 5 rings (SSSR count). The molecule has 0 bridgehead atoms. The highest BCUT2D eigenvalue weighted by Crippen LogP contribution is 2.47. The van der Waals surface area contributed by atoms with Gasteiger partial charge >= 0.3 is 7.82 Å². The molecule has 0 aromatic carbocycles. The first-order valence-electron chi connectivity index (χ1n) is 14.4. The Balaban J connectivity index is 1.28. The summed E-state index contributed by atoms with van der Waals surface area (Å²) in [4.78, 5) is 31.4. The minimum Gasteiger partial charge on any atom is -0.379 e. The summed E-state index contributed by atoms with van der Waals surface area (Å²) in [6.45, 7) is 7.41.